The van der Waals surface area contributed by atoms with Gasteiger partial charge < -0.3 is 5.32 Å². The van der Waals surface area contributed by atoms with Gasteiger partial charge in [-0.25, -0.2) is 8.78 Å². The van der Waals surface area contributed by atoms with Gasteiger partial charge in [0.15, 0.2) is 0 Å². The highest BCUT2D eigenvalue weighted by atomic mass is 79.9. The van der Waals surface area contributed by atoms with Crippen LogP contribution < -0.4 is 5.32 Å². The van der Waals surface area contributed by atoms with E-state index in [-0.39, 0.29) is 22.6 Å². The zero-order chi connectivity index (χ0) is 11.4. The maximum atomic E-state index is 13.3. The number of hydrogen-bond donors (Lipinski definition) is 1. The highest BCUT2D eigenvalue weighted by Crippen LogP contribution is 2.23. The van der Waals surface area contributed by atoms with Crippen molar-refractivity contribution in [2.24, 2.45) is 0 Å². The fourth-order valence-corrected chi connectivity index (χ4v) is 1.40. The summed E-state index contributed by atoms with van der Waals surface area (Å²) in [7, 11) is 0. The first-order valence-electron chi connectivity index (χ1n) is 4.32. The zero-order valence-electron chi connectivity index (χ0n) is 8.02. The highest BCUT2D eigenvalue weighted by molar-refractivity contribution is 9.10. The maximum absolute atomic E-state index is 13.3. The summed E-state index contributed by atoms with van der Waals surface area (Å²) in [5.41, 5.74) is 0.0680. The molecular formula is C10H9BrF2N2. The van der Waals surface area contributed by atoms with Gasteiger partial charge >= 0.3 is 0 Å². The molecule has 0 aliphatic heterocycles. The molecule has 0 heterocycles. The second kappa shape index (κ2) is 5.08. The van der Waals surface area contributed by atoms with Crippen molar-refractivity contribution in [3.05, 3.63) is 28.2 Å². The number of rotatable bonds is 3. The Bertz CT molecular complexity index is 401. The molecule has 0 amide bonds. The standard InChI is InChI=1S/C10H9BrF2N2/c1-6(2-3-14)15-10-5-8(12)7(11)4-9(10)13/h4-6,15H,2H2,1H3. The van der Waals surface area contributed by atoms with Gasteiger partial charge in [-0.2, -0.15) is 5.26 Å². The number of nitrogens with zero attached hydrogens (tertiary/aromatic N) is 1. The average Bonchev–Trinajstić information content (AvgIpc) is 2.14. The molecule has 5 heteroatoms. The summed E-state index contributed by atoms with van der Waals surface area (Å²) in [6, 6.07) is 3.84. The number of hydrogen-bond acceptors (Lipinski definition) is 2. The van der Waals surface area contributed by atoms with E-state index in [4.69, 9.17) is 5.26 Å². The first kappa shape index (κ1) is 11.9. The Labute approximate surface area is 95.0 Å². The first-order valence-corrected chi connectivity index (χ1v) is 5.12. The minimum Gasteiger partial charge on any atom is -0.379 e. The third kappa shape index (κ3) is 3.17. The van der Waals surface area contributed by atoms with Crippen LogP contribution in [-0.4, -0.2) is 6.04 Å². The second-order valence-corrected chi connectivity index (χ2v) is 4.01. The summed E-state index contributed by atoms with van der Waals surface area (Å²) in [6.07, 6.45) is 0.233. The number of anilines is 1. The van der Waals surface area contributed by atoms with Crippen molar-refractivity contribution in [3.8, 4) is 6.07 Å². The smallest absolute Gasteiger partial charge is 0.147 e. The second-order valence-electron chi connectivity index (χ2n) is 3.15. The van der Waals surface area contributed by atoms with E-state index in [2.05, 4.69) is 21.2 Å². The fraction of sp³-hybridized carbons (Fsp3) is 0.300. The van der Waals surface area contributed by atoms with Gasteiger partial charge in [0.2, 0.25) is 0 Å². The summed E-state index contributed by atoms with van der Waals surface area (Å²) in [5.74, 6) is -1.09. The van der Waals surface area contributed by atoms with Crippen LogP contribution in [0.25, 0.3) is 0 Å². The van der Waals surface area contributed by atoms with Crippen LogP contribution in [0.1, 0.15) is 13.3 Å². The predicted octanol–water partition coefficient (Wildman–Crippen LogP) is 3.44. The zero-order valence-corrected chi connectivity index (χ0v) is 9.61. The van der Waals surface area contributed by atoms with Crippen LogP contribution in [0.5, 0.6) is 0 Å². The molecule has 0 bridgehead atoms. The Morgan fingerprint density at radius 1 is 1.47 bits per heavy atom. The number of nitrogens with one attached hydrogen (secondary N) is 1. The van der Waals surface area contributed by atoms with Gasteiger partial charge in [-0.15, -0.1) is 0 Å². The van der Waals surface area contributed by atoms with E-state index in [1.165, 1.54) is 0 Å². The quantitative estimate of drug-likeness (QED) is 0.858. The summed E-state index contributed by atoms with van der Waals surface area (Å²) < 4.78 is 26.4. The van der Waals surface area contributed by atoms with Gasteiger partial charge in [-0.3, -0.25) is 0 Å². The van der Waals surface area contributed by atoms with Crippen LogP contribution in [-0.2, 0) is 0 Å². The Balaban J connectivity index is 2.87. The molecule has 1 aromatic carbocycles. The topological polar surface area (TPSA) is 35.8 Å². The van der Waals surface area contributed by atoms with Crippen molar-refractivity contribution in [3.63, 3.8) is 0 Å². The molecule has 1 aromatic rings. The Kier molecular flexibility index (Phi) is 4.04. The van der Waals surface area contributed by atoms with Gasteiger partial charge in [-0.05, 0) is 28.9 Å². The maximum Gasteiger partial charge on any atom is 0.147 e. The number of nitriles is 1. The van der Waals surface area contributed by atoms with Crippen molar-refractivity contribution in [1.29, 1.82) is 5.26 Å². The van der Waals surface area contributed by atoms with Gasteiger partial charge in [0.25, 0.3) is 0 Å². The van der Waals surface area contributed by atoms with Crippen LogP contribution in [0.2, 0.25) is 0 Å². The molecule has 0 saturated heterocycles. The van der Waals surface area contributed by atoms with Gasteiger partial charge in [-0.1, -0.05) is 0 Å². The van der Waals surface area contributed by atoms with Crippen LogP contribution in [0.4, 0.5) is 14.5 Å². The summed E-state index contributed by atoms with van der Waals surface area (Å²) in [5, 5.41) is 11.1. The van der Waals surface area contributed by atoms with E-state index in [1.54, 1.807) is 6.92 Å². The summed E-state index contributed by atoms with van der Waals surface area (Å²) in [4.78, 5) is 0. The Morgan fingerprint density at radius 3 is 2.73 bits per heavy atom. The van der Waals surface area contributed by atoms with Crippen LogP contribution in [0.3, 0.4) is 0 Å². The molecule has 15 heavy (non-hydrogen) atoms. The van der Waals surface area contributed by atoms with E-state index in [9.17, 15) is 8.78 Å². The molecule has 0 spiro atoms. The Hall–Kier alpha value is -1.15. The molecule has 0 fully saturated rings. The molecule has 80 valence electrons. The molecular weight excluding hydrogens is 266 g/mol. The first-order chi connectivity index (χ1) is 7.04. The lowest BCUT2D eigenvalue weighted by Gasteiger charge is -2.13. The average molecular weight is 275 g/mol. The summed E-state index contributed by atoms with van der Waals surface area (Å²) >= 11 is 2.88. The predicted molar refractivity (Wildman–Crippen MR) is 57.4 cm³/mol. The molecule has 0 saturated carbocycles. The number of benzene rings is 1. The monoisotopic (exact) mass is 274 g/mol. The van der Waals surface area contributed by atoms with E-state index in [1.807, 2.05) is 6.07 Å². The van der Waals surface area contributed by atoms with E-state index >= 15 is 0 Å². The van der Waals surface area contributed by atoms with E-state index < -0.39 is 11.6 Å². The molecule has 1 rings (SSSR count). The van der Waals surface area contributed by atoms with Gasteiger partial charge in [0, 0.05) is 12.1 Å². The lowest BCUT2D eigenvalue weighted by Crippen LogP contribution is -2.15. The van der Waals surface area contributed by atoms with Gasteiger partial charge in [0.1, 0.15) is 11.6 Å². The van der Waals surface area contributed by atoms with Crippen molar-refractivity contribution < 1.29 is 8.78 Å². The SMILES string of the molecule is CC(CC#N)Nc1cc(F)c(Br)cc1F. The highest BCUT2D eigenvalue weighted by Gasteiger charge is 2.10. The summed E-state index contributed by atoms with van der Waals surface area (Å²) in [6.45, 7) is 1.72. The van der Waals surface area contributed by atoms with E-state index in [0.717, 1.165) is 12.1 Å². The minimum atomic E-state index is -0.548. The van der Waals surface area contributed by atoms with Crippen molar-refractivity contribution in [1.82, 2.24) is 0 Å². The molecule has 2 nitrogen and oxygen atoms in total. The van der Waals surface area contributed by atoms with Crippen LogP contribution in [0.15, 0.2) is 16.6 Å². The molecule has 0 radical (unpaired) electrons. The van der Waals surface area contributed by atoms with Crippen molar-refractivity contribution in [2.45, 2.75) is 19.4 Å². The molecule has 0 aliphatic carbocycles. The molecule has 1 unspecified atom stereocenters. The largest absolute Gasteiger partial charge is 0.379 e. The molecule has 1 atom stereocenters. The lowest BCUT2D eigenvalue weighted by molar-refractivity contribution is 0.594. The van der Waals surface area contributed by atoms with Crippen LogP contribution >= 0.6 is 15.9 Å². The van der Waals surface area contributed by atoms with Crippen molar-refractivity contribution >= 4 is 21.6 Å². The normalized spacial score (nSPS) is 11.9. The Morgan fingerprint density at radius 2 is 2.13 bits per heavy atom. The number of halogens is 3. The molecule has 0 aromatic heterocycles. The van der Waals surface area contributed by atoms with Crippen molar-refractivity contribution in [2.75, 3.05) is 5.32 Å². The molecule has 1 N–H and O–H groups in total. The third-order valence-corrected chi connectivity index (χ3v) is 2.42. The van der Waals surface area contributed by atoms with E-state index in [0.29, 0.717) is 0 Å². The third-order valence-electron chi connectivity index (χ3n) is 1.81. The minimum absolute atomic E-state index is 0.0680. The van der Waals surface area contributed by atoms with Crippen LogP contribution in [0, 0.1) is 23.0 Å². The molecule has 0 aliphatic rings. The lowest BCUT2D eigenvalue weighted by atomic mass is 10.2. The fourth-order valence-electron chi connectivity index (χ4n) is 1.09. The van der Waals surface area contributed by atoms with Gasteiger partial charge in [0.05, 0.1) is 22.7 Å².